The Balaban J connectivity index is 1.97. The molecule has 14 heavy (non-hydrogen) atoms. The molecule has 0 radical (unpaired) electrons. The lowest BCUT2D eigenvalue weighted by Gasteiger charge is -2.20. The maximum Gasteiger partial charge on any atom is 0.185 e. The summed E-state index contributed by atoms with van der Waals surface area (Å²) in [5, 5.41) is 3.11. The molecule has 1 aromatic rings. The molecule has 0 bridgehead atoms. The van der Waals surface area contributed by atoms with Gasteiger partial charge in [-0.2, -0.15) is 0 Å². The van der Waals surface area contributed by atoms with Crippen molar-refractivity contribution in [2.75, 3.05) is 11.4 Å². The van der Waals surface area contributed by atoms with Gasteiger partial charge in [0.15, 0.2) is 5.13 Å². The van der Waals surface area contributed by atoms with Crippen molar-refractivity contribution < 1.29 is 0 Å². The molecule has 1 aliphatic rings. The second-order valence-corrected chi connectivity index (χ2v) is 4.85. The van der Waals surface area contributed by atoms with E-state index in [1.165, 1.54) is 12.8 Å². The Hall–Kier alpha value is -0.680. The van der Waals surface area contributed by atoms with Gasteiger partial charge >= 0.3 is 0 Å². The molecule has 2 rings (SSSR count). The van der Waals surface area contributed by atoms with Crippen molar-refractivity contribution in [1.82, 2.24) is 4.98 Å². The predicted octanol–water partition coefficient (Wildman–Crippen LogP) is 1.79. The van der Waals surface area contributed by atoms with E-state index in [1.807, 2.05) is 11.6 Å². The van der Waals surface area contributed by atoms with Crippen LogP contribution in [0.25, 0.3) is 0 Å². The molecule has 1 heterocycles. The number of nitrogens with two attached hydrogens (primary N) is 1. The van der Waals surface area contributed by atoms with Gasteiger partial charge in [0.05, 0.1) is 4.99 Å². The van der Waals surface area contributed by atoms with Crippen LogP contribution in [0.4, 0.5) is 5.13 Å². The molecule has 0 spiro atoms. The highest BCUT2D eigenvalue weighted by Crippen LogP contribution is 2.32. The van der Waals surface area contributed by atoms with Gasteiger partial charge in [0, 0.05) is 30.6 Å². The molecule has 1 saturated carbocycles. The van der Waals surface area contributed by atoms with Gasteiger partial charge in [0.2, 0.25) is 0 Å². The molecule has 1 aliphatic carbocycles. The number of thiocarbonyl (C=S) groups is 1. The second-order valence-electron chi connectivity index (χ2n) is 3.46. The summed E-state index contributed by atoms with van der Waals surface area (Å²) in [7, 11) is 0. The molecule has 0 unspecified atom stereocenters. The number of hydrogen-bond acceptors (Lipinski definition) is 4. The molecule has 76 valence electrons. The topological polar surface area (TPSA) is 42.1 Å². The van der Waals surface area contributed by atoms with E-state index in [0.29, 0.717) is 11.0 Å². The van der Waals surface area contributed by atoms with Crippen LogP contribution in [0.2, 0.25) is 0 Å². The Kier molecular flexibility index (Phi) is 2.98. The van der Waals surface area contributed by atoms with Gasteiger partial charge in [-0.05, 0) is 12.8 Å². The monoisotopic (exact) mass is 227 g/mol. The van der Waals surface area contributed by atoms with E-state index in [4.69, 9.17) is 18.0 Å². The SMILES string of the molecule is NC(=S)CCN(c1nccs1)C1CC1. The molecule has 0 atom stereocenters. The smallest absolute Gasteiger partial charge is 0.185 e. The molecular weight excluding hydrogens is 214 g/mol. The van der Waals surface area contributed by atoms with Gasteiger partial charge < -0.3 is 10.6 Å². The third-order valence-corrected chi connectivity index (χ3v) is 3.26. The number of nitrogens with zero attached hydrogens (tertiary/aromatic N) is 2. The van der Waals surface area contributed by atoms with Crippen LogP contribution in [-0.2, 0) is 0 Å². The third-order valence-electron chi connectivity index (χ3n) is 2.25. The third kappa shape index (κ3) is 2.42. The fourth-order valence-electron chi connectivity index (χ4n) is 1.41. The van der Waals surface area contributed by atoms with Crippen LogP contribution in [0.5, 0.6) is 0 Å². The van der Waals surface area contributed by atoms with Crippen molar-refractivity contribution in [1.29, 1.82) is 0 Å². The van der Waals surface area contributed by atoms with Crippen LogP contribution in [0, 0.1) is 0 Å². The molecule has 1 aromatic heterocycles. The van der Waals surface area contributed by atoms with Crippen molar-refractivity contribution in [3.63, 3.8) is 0 Å². The molecular formula is C9H13N3S2. The number of anilines is 1. The average molecular weight is 227 g/mol. The summed E-state index contributed by atoms with van der Waals surface area (Å²) in [6.07, 6.45) is 5.18. The highest BCUT2D eigenvalue weighted by atomic mass is 32.1. The summed E-state index contributed by atoms with van der Waals surface area (Å²) in [4.78, 5) is 7.23. The van der Waals surface area contributed by atoms with E-state index in [-0.39, 0.29) is 0 Å². The number of thiazole rings is 1. The molecule has 0 saturated heterocycles. The van der Waals surface area contributed by atoms with Crippen LogP contribution in [0.1, 0.15) is 19.3 Å². The van der Waals surface area contributed by atoms with Crippen LogP contribution >= 0.6 is 23.6 Å². The first-order valence-electron chi connectivity index (χ1n) is 4.72. The minimum Gasteiger partial charge on any atom is -0.393 e. The quantitative estimate of drug-likeness (QED) is 0.779. The zero-order valence-corrected chi connectivity index (χ0v) is 9.48. The molecule has 0 amide bonds. The fourth-order valence-corrected chi connectivity index (χ4v) is 2.24. The lowest BCUT2D eigenvalue weighted by Crippen LogP contribution is -2.29. The molecule has 0 aromatic carbocycles. The van der Waals surface area contributed by atoms with E-state index in [2.05, 4.69) is 9.88 Å². The van der Waals surface area contributed by atoms with Crippen LogP contribution in [-0.4, -0.2) is 22.6 Å². The summed E-state index contributed by atoms with van der Waals surface area (Å²) in [6, 6.07) is 0.676. The van der Waals surface area contributed by atoms with E-state index in [9.17, 15) is 0 Å². The van der Waals surface area contributed by atoms with Crippen molar-refractivity contribution in [2.24, 2.45) is 5.73 Å². The van der Waals surface area contributed by atoms with E-state index in [0.717, 1.165) is 18.1 Å². The predicted molar refractivity (Wildman–Crippen MR) is 63.9 cm³/mol. The standard InChI is InChI=1S/C9H13N3S2/c10-8(13)3-5-12(7-1-2-7)9-11-4-6-14-9/h4,6-7H,1-3,5H2,(H2,10,13). The first-order valence-corrected chi connectivity index (χ1v) is 6.00. The number of rotatable bonds is 5. The van der Waals surface area contributed by atoms with E-state index in [1.54, 1.807) is 11.3 Å². The van der Waals surface area contributed by atoms with E-state index >= 15 is 0 Å². The van der Waals surface area contributed by atoms with Gasteiger partial charge in [0.25, 0.3) is 0 Å². The molecule has 1 fully saturated rings. The van der Waals surface area contributed by atoms with Crippen molar-refractivity contribution in [3.8, 4) is 0 Å². The number of hydrogen-bond donors (Lipinski definition) is 1. The van der Waals surface area contributed by atoms with Crippen molar-refractivity contribution in [2.45, 2.75) is 25.3 Å². The summed E-state index contributed by atoms with van der Waals surface area (Å²) in [5.74, 6) is 0. The minimum atomic E-state index is 0.590. The first kappa shape index (κ1) is 9.86. The normalized spacial score (nSPS) is 15.4. The minimum absolute atomic E-state index is 0.590. The van der Waals surface area contributed by atoms with Crippen LogP contribution in [0.3, 0.4) is 0 Å². The van der Waals surface area contributed by atoms with Gasteiger partial charge in [0.1, 0.15) is 0 Å². The Morgan fingerprint density at radius 2 is 2.50 bits per heavy atom. The van der Waals surface area contributed by atoms with Gasteiger partial charge in [-0.15, -0.1) is 11.3 Å². The summed E-state index contributed by atoms with van der Waals surface area (Å²) in [6.45, 7) is 0.910. The van der Waals surface area contributed by atoms with E-state index < -0.39 is 0 Å². The van der Waals surface area contributed by atoms with Gasteiger partial charge in [-0.1, -0.05) is 12.2 Å². The molecule has 0 aliphatic heterocycles. The Labute approximate surface area is 92.9 Å². The average Bonchev–Trinajstić information content (AvgIpc) is 2.81. The van der Waals surface area contributed by atoms with Gasteiger partial charge in [-0.3, -0.25) is 0 Å². The molecule has 2 N–H and O–H groups in total. The molecule has 3 nitrogen and oxygen atoms in total. The maximum absolute atomic E-state index is 5.50. The van der Waals surface area contributed by atoms with Gasteiger partial charge in [-0.25, -0.2) is 4.98 Å². The summed E-state index contributed by atoms with van der Waals surface area (Å²) in [5.41, 5.74) is 5.50. The highest BCUT2D eigenvalue weighted by Gasteiger charge is 2.30. The van der Waals surface area contributed by atoms with Crippen molar-refractivity contribution >= 4 is 33.7 Å². The van der Waals surface area contributed by atoms with Crippen LogP contribution in [0.15, 0.2) is 11.6 Å². The number of aromatic nitrogens is 1. The maximum atomic E-state index is 5.50. The molecule has 5 heteroatoms. The van der Waals surface area contributed by atoms with Crippen molar-refractivity contribution in [3.05, 3.63) is 11.6 Å². The summed E-state index contributed by atoms with van der Waals surface area (Å²) >= 11 is 6.57. The largest absolute Gasteiger partial charge is 0.393 e. The zero-order chi connectivity index (χ0) is 9.97. The first-order chi connectivity index (χ1) is 6.77. The van der Waals surface area contributed by atoms with Crippen LogP contribution < -0.4 is 10.6 Å². The highest BCUT2D eigenvalue weighted by molar-refractivity contribution is 7.80. The zero-order valence-electron chi connectivity index (χ0n) is 7.85. The summed E-state index contributed by atoms with van der Waals surface area (Å²) < 4.78 is 0. The fraction of sp³-hybridized carbons (Fsp3) is 0.556. The Bertz CT molecular complexity index is 306. The Morgan fingerprint density at radius 3 is 3.00 bits per heavy atom. The lowest BCUT2D eigenvalue weighted by molar-refractivity contribution is 0.797. The second kappa shape index (κ2) is 4.23. The lowest BCUT2D eigenvalue weighted by atomic mass is 10.4. The Morgan fingerprint density at radius 1 is 1.71 bits per heavy atom.